The van der Waals surface area contributed by atoms with Gasteiger partial charge in [-0.15, -0.1) is 0 Å². The molecule has 0 radical (unpaired) electrons. The third kappa shape index (κ3) is 3.45. The van der Waals surface area contributed by atoms with Crippen LogP contribution in [0.3, 0.4) is 0 Å². The van der Waals surface area contributed by atoms with Gasteiger partial charge in [0.15, 0.2) is 0 Å². The minimum atomic E-state index is -1.57. The van der Waals surface area contributed by atoms with Crippen LogP contribution in [0.2, 0.25) is 0 Å². The number of nitrogens with zero attached hydrogens (tertiary/aromatic N) is 1. The smallest absolute Gasteiger partial charge is 0.229 e. The maximum atomic E-state index is 9.99. The molecule has 130 valence electrons. The summed E-state index contributed by atoms with van der Waals surface area (Å²) in [6.07, 6.45) is -5.74. The van der Waals surface area contributed by atoms with Crippen LogP contribution in [-0.4, -0.2) is 72.9 Å². The van der Waals surface area contributed by atoms with Gasteiger partial charge in [-0.2, -0.15) is 0 Å². The molecule has 9 nitrogen and oxygen atoms in total. The first-order valence-corrected chi connectivity index (χ1v) is 7.10. The highest BCUT2D eigenvalue weighted by Crippen LogP contribution is 2.30. The molecule has 0 amide bonds. The van der Waals surface area contributed by atoms with E-state index in [0.717, 1.165) is 0 Å². The van der Waals surface area contributed by atoms with Crippen LogP contribution in [-0.2, 0) is 18.0 Å². The van der Waals surface area contributed by atoms with Gasteiger partial charge in [0.2, 0.25) is 6.29 Å². The van der Waals surface area contributed by atoms with Crippen molar-refractivity contribution in [1.29, 1.82) is 0 Å². The maximum Gasteiger partial charge on any atom is 0.229 e. The maximum absolute atomic E-state index is 9.99. The van der Waals surface area contributed by atoms with E-state index in [9.17, 15) is 25.5 Å². The van der Waals surface area contributed by atoms with Gasteiger partial charge in [0.1, 0.15) is 30.2 Å². The second-order valence-corrected chi connectivity index (χ2v) is 5.31. The van der Waals surface area contributed by atoms with Crippen LogP contribution in [0.1, 0.15) is 16.8 Å². The molecule has 23 heavy (non-hydrogen) atoms. The van der Waals surface area contributed by atoms with Gasteiger partial charge in [-0.25, -0.2) is 0 Å². The van der Waals surface area contributed by atoms with Crippen molar-refractivity contribution < 1.29 is 40.1 Å². The van der Waals surface area contributed by atoms with Gasteiger partial charge in [-0.3, -0.25) is 4.98 Å². The molecule has 1 aromatic rings. The quantitative estimate of drug-likeness (QED) is 0.345. The molecule has 0 aliphatic carbocycles. The third-order valence-corrected chi connectivity index (χ3v) is 3.82. The lowest BCUT2D eigenvalue weighted by molar-refractivity contribution is -0.277. The molecule has 9 heteroatoms. The van der Waals surface area contributed by atoms with E-state index in [0.29, 0.717) is 11.3 Å². The number of rotatable bonds is 5. The van der Waals surface area contributed by atoms with Crippen LogP contribution in [0.4, 0.5) is 0 Å². The van der Waals surface area contributed by atoms with Crippen LogP contribution in [0, 0.1) is 6.92 Å². The van der Waals surface area contributed by atoms with Crippen LogP contribution < -0.4 is 4.74 Å². The summed E-state index contributed by atoms with van der Waals surface area (Å²) in [7, 11) is 0. The highest BCUT2D eigenvalue weighted by Gasteiger charge is 2.45. The molecule has 1 saturated heterocycles. The normalized spacial score (nSPS) is 31.2. The van der Waals surface area contributed by atoms with Crippen LogP contribution in [0.5, 0.6) is 5.75 Å². The van der Waals surface area contributed by atoms with Gasteiger partial charge in [-0.05, 0) is 6.92 Å². The number of hydrogen-bond donors (Lipinski definition) is 6. The van der Waals surface area contributed by atoms with E-state index in [4.69, 9.17) is 14.6 Å². The first-order chi connectivity index (χ1) is 10.9. The summed E-state index contributed by atoms with van der Waals surface area (Å²) in [6, 6.07) is 0. The Hall–Kier alpha value is -1.33. The van der Waals surface area contributed by atoms with Crippen LogP contribution in [0.15, 0.2) is 6.20 Å². The summed E-state index contributed by atoms with van der Waals surface area (Å²) in [4.78, 5) is 4.03. The summed E-state index contributed by atoms with van der Waals surface area (Å²) < 4.78 is 10.8. The first-order valence-electron chi connectivity index (χ1n) is 7.10. The van der Waals surface area contributed by atoms with E-state index < -0.39 is 43.9 Å². The SMILES string of the molecule is Cc1ncc(CO)c(CO)c1O[C@@H]1O[C@H](CO)[C@@H](O)[C@H](O)[C@H]1O. The van der Waals surface area contributed by atoms with Gasteiger partial charge in [0, 0.05) is 17.3 Å². The average Bonchev–Trinajstić information content (AvgIpc) is 2.56. The van der Waals surface area contributed by atoms with Gasteiger partial charge in [0.05, 0.1) is 25.5 Å². The number of aliphatic hydroxyl groups excluding tert-OH is 6. The minimum absolute atomic E-state index is 0.100. The number of ether oxygens (including phenoxy) is 2. The van der Waals surface area contributed by atoms with Crippen LogP contribution in [0.25, 0.3) is 0 Å². The second kappa shape index (κ2) is 7.49. The van der Waals surface area contributed by atoms with E-state index in [1.807, 2.05) is 0 Å². The number of pyridine rings is 1. The average molecular weight is 331 g/mol. The van der Waals surface area contributed by atoms with E-state index in [-0.39, 0.29) is 17.9 Å². The van der Waals surface area contributed by atoms with Crippen molar-refractivity contribution in [3.63, 3.8) is 0 Å². The summed E-state index contributed by atoms with van der Waals surface area (Å²) in [5.41, 5.74) is 0.998. The van der Waals surface area contributed by atoms with Crippen molar-refractivity contribution >= 4 is 0 Å². The zero-order valence-corrected chi connectivity index (χ0v) is 12.5. The van der Waals surface area contributed by atoms with Crippen molar-refractivity contribution in [2.75, 3.05) is 6.61 Å². The molecule has 0 spiro atoms. The van der Waals surface area contributed by atoms with Crippen molar-refractivity contribution in [1.82, 2.24) is 4.98 Å². The molecule has 1 aliphatic heterocycles. The molecule has 0 aromatic carbocycles. The molecule has 0 unspecified atom stereocenters. The lowest BCUT2D eigenvalue weighted by Gasteiger charge is -2.39. The molecule has 1 aromatic heterocycles. The molecule has 1 fully saturated rings. The Morgan fingerprint density at radius 3 is 2.35 bits per heavy atom. The summed E-state index contributed by atoms with van der Waals surface area (Å²) >= 11 is 0. The molecule has 5 atom stereocenters. The highest BCUT2D eigenvalue weighted by atomic mass is 16.7. The Labute approximate surface area is 132 Å². The first kappa shape index (κ1) is 18.0. The second-order valence-electron chi connectivity index (χ2n) is 5.31. The van der Waals surface area contributed by atoms with Crippen molar-refractivity contribution in [3.8, 4) is 5.75 Å². The molecule has 2 heterocycles. The molecule has 0 bridgehead atoms. The predicted octanol–water partition coefficient (Wildman–Crippen LogP) is -2.45. The Kier molecular flexibility index (Phi) is 5.87. The zero-order chi connectivity index (χ0) is 17.1. The number of aliphatic hydroxyl groups is 6. The van der Waals surface area contributed by atoms with Gasteiger partial charge in [0.25, 0.3) is 0 Å². The van der Waals surface area contributed by atoms with Gasteiger partial charge >= 0.3 is 0 Å². The van der Waals surface area contributed by atoms with Crippen molar-refractivity contribution in [2.45, 2.75) is 50.8 Å². The minimum Gasteiger partial charge on any atom is -0.460 e. The van der Waals surface area contributed by atoms with E-state index in [1.54, 1.807) is 6.92 Å². The van der Waals surface area contributed by atoms with Crippen molar-refractivity contribution in [3.05, 3.63) is 23.0 Å². The van der Waals surface area contributed by atoms with Gasteiger partial charge < -0.3 is 40.1 Å². The van der Waals surface area contributed by atoms with E-state index in [1.165, 1.54) is 6.20 Å². The Morgan fingerprint density at radius 2 is 1.78 bits per heavy atom. The topological polar surface area (TPSA) is 153 Å². The largest absolute Gasteiger partial charge is 0.460 e. The Balaban J connectivity index is 2.31. The molecule has 2 rings (SSSR count). The van der Waals surface area contributed by atoms with Crippen LogP contribution >= 0.6 is 0 Å². The van der Waals surface area contributed by atoms with E-state index in [2.05, 4.69) is 4.98 Å². The molecule has 1 aliphatic rings. The Bertz CT molecular complexity index is 538. The fraction of sp³-hybridized carbons (Fsp3) is 0.643. The highest BCUT2D eigenvalue weighted by molar-refractivity contribution is 5.41. The summed E-state index contributed by atoms with van der Waals surface area (Å²) in [5, 5.41) is 57.4. The van der Waals surface area contributed by atoms with E-state index >= 15 is 0 Å². The molecular formula is C14H21NO8. The lowest BCUT2D eigenvalue weighted by Crippen LogP contribution is -2.60. The Morgan fingerprint density at radius 1 is 1.09 bits per heavy atom. The fourth-order valence-corrected chi connectivity index (χ4v) is 2.42. The molecule has 0 saturated carbocycles. The lowest BCUT2D eigenvalue weighted by atomic mass is 9.99. The monoisotopic (exact) mass is 331 g/mol. The number of aryl methyl sites for hydroxylation is 1. The molecule has 6 N–H and O–H groups in total. The summed E-state index contributed by atoms with van der Waals surface area (Å²) in [5.74, 6) is 0.100. The fourth-order valence-electron chi connectivity index (χ4n) is 2.42. The van der Waals surface area contributed by atoms with Gasteiger partial charge in [-0.1, -0.05) is 0 Å². The number of aromatic nitrogens is 1. The predicted molar refractivity (Wildman–Crippen MR) is 75.2 cm³/mol. The number of hydrogen-bond acceptors (Lipinski definition) is 9. The summed E-state index contributed by atoms with van der Waals surface area (Å²) in [6.45, 7) is 0.214. The third-order valence-electron chi connectivity index (χ3n) is 3.82. The zero-order valence-electron chi connectivity index (χ0n) is 12.5. The molecular weight excluding hydrogens is 310 g/mol. The standard InChI is InChI=1S/C14H21NO8/c1-6-13(8(4-17)7(3-16)2-15-6)23-14-12(21)11(20)10(19)9(5-18)22-14/h2,9-12,14,16-21H,3-5H2,1H3/t9-,10-,11+,12-,14+/m1/s1. The van der Waals surface area contributed by atoms with Crippen molar-refractivity contribution in [2.24, 2.45) is 0 Å².